The van der Waals surface area contributed by atoms with E-state index < -0.39 is 10.0 Å². The van der Waals surface area contributed by atoms with Crippen molar-refractivity contribution >= 4 is 16.0 Å². The first-order valence-corrected chi connectivity index (χ1v) is 12.7. The van der Waals surface area contributed by atoms with E-state index in [1.54, 1.807) is 17.5 Å². The molecule has 7 nitrogen and oxygen atoms in total. The van der Waals surface area contributed by atoms with Gasteiger partial charge in [-0.3, -0.25) is 4.99 Å². The molecule has 0 bridgehead atoms. The van der Waals surface area contributed by atoms with Crippen molar-refractivity contribution in [3.8, 4) is 0 Å². The molecule has 0 radical (unpaired) electrons. The van der Waals surface area contributed by atoms with E-state index in [1.165, 1.54) is 32.1 Å². The summed E-state index contributed by atoms with van der Waals surface area (Å²) < 4.78 is 31.2. The highest BCUT2D eigenvalue weighted by Crippen LogP contribution is 2.23. The molecule has 8 heteroatoms. The summed E-state index contributed by atoms with van der Waals surface area (Å²) in [5, 5.41) is 7.00. The normalized spacial score (nSPS) is 20.7. The molecule has 1 aliphatic carbocycles. The van der Waals surface area contributed by atoms with Crippen molar-refractivity contribution in [2.75, 3.05) is 31.9 Å². The summed E-state index contributed by atoms with van der Waals surface area (Å²) in [6.45, 7) is 4.48. The van der Waals surface area contributed by atoms with Gasteiger partial charge in [0.05, 0.1) is 12.0 Å². The minimum Gasteiger partial charge on any atom is -0.469 e. The molecule has 2 aliphatic rings. The lowest BCUT2D eigenvalue weighted by Gasteiger charge is -2.32. The van der Waals surface area contributed by atoms with Gasteiger partial charge in [0.25, 0.3) is 0 Å². The van der Waals surface area contributed by atoms with E-state index >= 15 is 0 Å². The summed E-state index contributed by atoms with van der Waals surface area (Å²) >= 11 is 0. The van der Waals surface area contributed by atoms with Crippen molar-refractivity contribution < 1.29 is 12.8 Å². The number of sulfonamides is 1. The molecule has 2 N–H and O–H groups in total. The largest absolute Gasteiger partial charge is 0.469 e. The van der Waals surface area contributed by atoms with Gasteiger partial charge in [0.1, 0.15) is 5.76 Å². The van der Waals surface area contributed by atoms with E-state index in [0.717, 1.165) is 44.1 Å². The predicted octanol–water partition coefficient (Wildman–Crippen LogP) is 2.75. The number of rotatable bonds is 8. The number of hydrogen-bond acceptors (Lipinski definition) is 4. The lowest BCUT2D eigenvalue weighted by atomic mass is 9.89. The number of aliphatic imine (C=N–C) groups is 1. The Morgan fingerprint density at radius 3 is 2.62 bits per heavy atom. The number of piperidine rings is 1. The van der Waals surface area contributed by atoms with Gasteiger partial charge in [0, 0.05) is 38.6 Å². The van der Waals surface area contributed by atoms with E-state index in [9.17, 15) is 8.42 Å². The van der Waals surface area contributed by atoms with Crippen LogP contribution in [0.3, 0.4) is 0 Å². The third-order valence-electron chi connectivity index (χ3n) is 6.03. The fraction of sp³-hybridized carbons (Fsp3) is 0.762. The Bertz CT molecular complexity index is 719. The topological polar surface area (TPSA) is 86.9 Å². The van der Waals surface area contributed by atoms with Gasteiger partial charge in [-0.15, -0.1) is 0 Å². The SMILES string of the molecule is CCS(=O)(=O)N1CCC(NC(=NCC2CCCCC2)NCCc2ccco2)CC1. The Morgan fingerprint density at radius 2 is 1.97 bits per heavy atom. The van der Waals surface area contributed by atoms with E-state index in [2.05, 4.69) is 10.6 Å². The average molecular weight is 425 g/mol. The molecule has 0 amide bonds. The molecule has 1 saturated carbocycles. The molecule has 3 rings (SSSR count). The van der Waals surface area contributed by atoms with Crippen LogP contribution in [0.2, 0.25) is 0 Å². The molecule has 1 aliphatic heterocycles. The van der Waals surface area contributed by atoms with Crippen LogP contribution in [-0.2, 0) is 16.4 Å². The molecular formula is C21H36N4O3S. The maximum absolute atomic E-state index is 12.1. The summed E-state index contributed by atoms with van der Waals surface area (Å²) in [5.74, 6) is 2.66. The maximum atomic E-state index is 12.1. The Morgan fingerprint density at radius 1 is 1.21 bits per heavy atom. The second-order valence-corrected chi connectivity index (χ2v) is 10.4. The average Bonchev–Trinajstić information content (AvgIpc) is 3.26. The zero-order valence-corrected chi connectivity index (χ0v) is 18.4. The van der Waals surface area contributed by atoms with E-state index in [0.29, 0.717) is 19.0 Å². The molecule has 29 heavy (non-hydrogen) atoms. The van der Waals surface area contributed by atoms with Crippen molar-refractivity contribution in [1.29, 1.82) is 0 Å². The predicted molar refractivity (Wildman–Crippen MR) is 116 cm³/mol. The Kier molecular flexibility index (Phi) is 8.41. The minimum atomic E-state index is -3.09. The number of furan rings is 1. The van der Waals surface area contributed by atoms with Crippen molar-refractivity contribution in [3.05, 3.63) is 24.2 Å². The summed E-state index contributed by atoms with van der Waals surface area (Å²) in [4.78, 5) is 4.88. The van der Waals surface area contributed by atoms with E-state index in [-0.39, 0.29) is 11.8 Å². The van der Waals surface area contributed by atoms with Crippen LogP contribution in [0.15, 0.2) is 27.8 Å². The van der Waals surface area contributed by atoms with Gasteiger partial charge in [-0.1, -0.05) is 19.3 Å². The van der Waals surface area contributed by atoms with Crippen molar-refractivity contribution in [2.45, 2.75) is 64.3 Å². The second-order valence-electron chi connectivity index (χ2n) is 8.17. The summed E-state index contributed by atoms with van der Waals surface area (Å²) in [7, 11) is -3.09. The fourth-order valence-corrected chi connectivity index (χ4v) is 5.29. The van der Waals surface area contributed by atoms with Gasteiger partial charge in [-0.05, 0) is 50.7 Å². The standard InChI is InChI=1S/C21H36N4O3S/c1-2-29(26,27)25-14-11-19(12-15-25)24-21(22-13-10-20-9-6-16-28-20)23-17-18-7-4-3-5-8-18/h6,9,16,18-19H,2-5,7-8,10-15,17H2,1H3,(H2,22,23,24). The van der Waals surface area contributed by atoms with Crippen LogP contribution in [0.5, 0.6) is 0 Å². The fourth-order valence-electron chi connectivity index (χ4n) is 4.16. The molecule has 0 spiro atoms. The third-order valence-corrected chi connectivity index (χ3v) is 7.91. The van der Waals surface area contributed by atoms with Crippen molar-refractivity contribution in [1.82, 2.24) is 14.9 Å². The van der Waals surface area contributed by atoms with Crippen LogP contribution >= 0.6 is 0 Å². The van der Waals surface area contributed by atoms with Gasteiger partial charge in [-0.2, -0.15) is 0 Å². The van der Waals surface area contributed by atoms with Crippen LogP contribution in [0.4, 0.5) is 0 Å². The van der Waals surface area contributed by atoms with Crippen molar-refractivity contribution in [3.63, 3.8) is 0 Å². The number of nitrogens with zero attached hydrogens (tertiary/aromatic N) is 2. The quantitative estimate of drug-likeness (QED) is 0.495. The van der Waals surface area contributed by atoms with Crippen molar-refractivity contribution in [2.24, 2.45) is 10.9 Å². The highest BCUT2D eigenvalue weighted by atomic mass is 32.2. The van der Waals surface area contributed by atoms with E-state index in [4.69, 9.17) is 9.41 Å². The summed E-state index contributed by atoms with van der Waals surface area (Å²) in [6.07, 6.45) is 10.7. The monoisotopic (exact) mass is 424 g/mol. The molecule has 164 valence electrons. The number of guanidine groups is 1. The first-order valence-electron chi connectivity index (χ1n) is 11.1. The van der Waals surface area contributed by atoms with E-state index in [1.807, 2.05) is 12.1 Å². The molecule has 1 aromatic rings. The van der Waals surface area contributed by atoms with Crippen LogP contribution in [0, 0.1) is 5.92 Å². The minimum absolute atomic E-state index is 0.174. The lowest BCUT2D eigenvalue weighted by molar-refractivity contribution is 0.306. The smallest absolute Gasteiger partial charge is 0.213 e. The zero-order valence-electron chi connectivity index (χ0n) is 17.6. The first kappa shape index (κ1) is 22.2. The van der Waals surface area contributed by atoms with Crippen LogP contribution in [0.1, 0.15) is 57.6 Å². The Hall–Kier alpha value is -1.54. The maximum Gasteiger partial charge on any atom is 0.213 e. The summed E-state index contributed by atoms with van der Waals surface area (Å²) in [5.41, 5.74) is 0. The Balaban J connectivity index is 1.52. The molecular weight excluding hydrogens is 388 g/mol. The highest BCUT2D eigenvalue weighted by Gasteiger charge is 2.27. The molecule has 2 fully saturated rings. The van der Waals surface area contributed by atoms with Gasteiger partial charge >= 0.3 is 0 Å². The number of nitrogens with one attached hydrogen (secondary N) is 2. The third kappa shape index (κ3) is 7.03. The molecule has 0 aromatic carbocycles. The lowest BCUT2D eigenvalue weighted by Crippen LogP contribution is -2.50. The molecule has 1 saturated heterocycles. The van der Waals surface area contributed by atoms with Crippen LogP contribution in [-0.4, -0.2) is 56.7 Å². The molecule has 0 unspecified atom stereocenters. The molecule has 2 heterocycles. The van der Waals surface area contributed by atoms with Gasteiger partial charge in [0.15, 0.2) is 5.96 Å². The highest BCUT2D eigenvalue weighted by molar-refractivity contribution is 7.89. The van der Waals surface area contributed by atoms with Gasteiger partial charge < -0.3 is 15.1 Å². The Labute approximate surface area is 175 Å². The van der Waals surface area contributed by atoms with Gasteiger partial charge in [-0.25, -0.2) is 12.7 Å². The van der Waals surface area contributed by atoms with Crippen LogP contribution in [0.25, 0.3) is 0 Å². The zero-order chi connectivity index (χ0) is 20.5. The van der Waals surface area contributed by atoms with Gasteiger partial charge in [0.2, 0.25) is 10.0 Å². The van der Waals surface area contributed by atoms with Crippen LogP contribution < -0.4 is 10.6 Å². The number of hydrogen-bond donors (Lipinski definition) is 2. The second kappa shape index (κ2) is 11.0. The molecule has 0 atom stereocenters. The first-order chi connectivity index (χ1) is 14.1. The summed E-state index contributed by atoms with van der Waals surface area (Å²) in [6, 6.07) is 4.14. The molecule has 1 aromatic heterocycles.